The number of carboxylic acid groups (broad SMARTS) is 1. The molecule has 0 saturated carbocycles. The lowest BCUT2D eigenvalue weighted by atomic mass is 10.0. The highest BCUT2D eigenvalue weighted by Crippen LogP contribution is 2.45. The number of hydrogen-bond acceptors (Lipinski definition) is 5. The van der Waals surface area contributed by atoms with E-state index in [4.69, 9.17) is 9.84 Å². The van der Waals surface area contributed by atoms with Crippen molar-refractivity contribution in [3.8, 4) is 5.75 Å². The Balaban J connectivity index is 1.66. The number of carboxylic acids is 1. The molecule has 0 saturated heterocycles. The fourth-order valence-electron chi connectivity index (χ4n) is 3.63. The Morgan fingerprint density at radius 2 is 1.82 bits per heavy atom. The number of hydrogen-bond donors (Lipinski definition) is 2. The maximum atomic E-state index is 12.9. The van der Waals surface area contributed by atoms with E-state index in [2.05, 4.69) is 5.32 Å². The number of ether oxygens (including phenoxy) is 1. The molecule has 0 fully saturated rings. The van der Waals surface area contributed by atoms with Crippen molar-refractivity contribution in [2.45, 2.75) is 45.2 Å². The fraction of sp³-hybridized carbons (Fsp3) is 0.360. The number of allylic oxidation sites excluding steroid dienone is 2. The first-order valence-corrected chi connectivity index (χ1v) is 11.7. The number of ketones is 1. The summed E-state index contributed by atoms with van der Waals surface area (Å²) in [7, 11) is 0. The predicted molar refractivity (Wildman–Crippen MR) is 125 cm³/mol. The lowest BCUT2D eigenvalue weighted by Crippen LogP contribution is -2.17. The number of aryl methyl sites for hydroxylation is 1. The van der Waals surface area contributed by atoms with Gasteiger partial charge in [0.25, 0.3) is 0 Å². The van der Waals surface area contributed by atoms with Crippen molar-refractivity contribution >= 4 is 23.5 Å². The first-order valence-electron chi connectivity index (χ1n) is 10.8. The van der Waals surface area contributed by atoms with Crippen LogP contribution in [0.5, 0.6) is 5.75 Å². The summed E-state index contributed by atoms with van der Waals surface area (Å²) < 4.78 is 43.8. The van der Waals surface area contributed by atoms with Crippen molar-refractivity contribution in [1.29, 1.82) is 0 Å². The molecule has 1 heterocycles. The molecule has 5 nitrogen and oxygen atoms in total. The average Bonchev–Trinajstić information content (AvgIpc) is 3.20. The van der Waals surface area contributed by atoms with Crippen molar-refractivity contribution in [1.82, 2.24) is 5.32 Å². The van der Waals surface area contributed by atoms with Gasteiger partial charge in [-0.3, -0.25) is 4.79 Å². The van der Waals surface area contributed by atoms with E-state index in [0.29, 0.717) is 23.3 Å². The van der Waals surface area contributed by atoms with Crippen LogP contribution in [0, 0.1) is 12.8 Å². The molecule has 2 N–H and O–H groups in total. The van der Waals surface area contributed by atoms with Gasteiger partial charge in [-0.25, -0.2) is 4.79 Å². The molecule has 0 spiro atoms. The SMILES string of the molecule is Cc1cc(C(=O)CCC2=C(C(C)C)NC(c3ccc(C(F)(F)F)cc3)S2)ccc1OCC(=O)O. The topological polar surface area (TPSA) is 75.6 Å². The highest BCUT2D eigenvalue weighted by atomic mass is 32.2. The molecule has 34 heavy (non-hydrogen) atoms. The number of aliphatic carboxylic acids is 1. The number of halogens is 3. The number of carbonyl (C=O) groups excluding carboxylic acids is 1. The van der Waals surface area contributed by atoms with Crippen molar-refractivity contribution < 1.29 is 32.6 Å². The maximum absolute atomic E-state index is 12.9. The molecule has 9 heteroatoms. The van der Waals surface area contributed by atoms with Crippen LogP contribution in [0.2, 0.25) is 0 Å². The van der Waals surface area contributed by atoms with Crippen LogP contribution >= 0.6 is 11.8 Å². The zero-order valence-electron chi connectivity index (χ0n) is 19.0. The lowest BCUT2D eigenvalue weighted by molar-refractivity contribution is -0.139. The number of thioether (sulfide) groups is 1. The third kappa shape index (κ3) is 6.34. The van der Waals surface area contributed by atoms with Crippen LogP contribution in [-0.2, 0) is 11.0 Å². The average molecular weight is 494 g/mol. The molecule has 1 aliphatic rings. The predicted octanol–water partition coefficient (Wildman–Crippen LogP) is 6.34. The number of Topliss-reactive ketones (excluding diaryl/α,β-unsaturated/α-hetero) is 1. The van der Waals surface area contributed by atoms with Gasteiger partial charge in [-0.2, -0.15) is 13.2 Å². The van der Waals surface area contributed by atoms with Gasteiger partial charge in [0, 0.05) is 22.6 Å². The molecular formula is C25H26F3NO4S. The second-order valence-corrected chi connectivity index (χ2v) is 9.54. The van der Waals surface area contributed by atoms with E-state index in [1.165, 1.54) is 23.9 Å². The molecule has 1 unspecified atom stereocenters. The highest BCUT2D eigenvalue weighted by molar-refractivity contribution is 8.03. The van der Waals surface area contributed by atoms with Gasteiger partial charge in [0.15, 0.2) is 12.4 Å². The molecule has 182 valence electrons. The summed E-state index contributed by atoms with van der Waals surface area (Å²) in [5.74, 6) is -0.545. The number of benzene rings is 2. The van der Waals surface area contributed by atoms with Gasteiger partial charge in [-0.1, -0.05) is 37.7 Å². The Morgan fingerprint density at radius 1 is 1.15 bits per heavy atom. The molecule has 0 aromatic heterocycles. The molecule has 2 aromatic carbocycles. The van der Waals surface area contributed by atoms with Gasteiger partial charge < -0.3 is 15.2 Å². The van der Waals surface area contributed by atoms with E-state index < -0.39 is 24.3 Å². The molecule has 0 radical (unpaired) electrons. The van der Waals surface area contributed by atoms with Crippen molar-refractivity contribution in [3.05, 3.63) is 75.3 Å². The second kappa shape index (κ2) is 10.5. The Bertz CT molecular complexity index is 1090. The lowest BCUT2D eigenvalue weighted by Gasteiger charge is -2.15. The smallest absolute Gasteiger partial charge is 0.416 e. The van der Waals surface area contributed by atoms with Gasteiger partial charge in [0.1, 0.15) is 11.1 Å². The Hall–Kier alpha value is -2.94. The van der Waals surface area contributed by atoms with Crippen LogP contribution in [0.1, 0.15) is 59.1 Å². The highest BCUT2D eigenvalue weighted by Gasteiger charge is 2.31. The van der Waals surface area contributed by atoms with Gasteiger partial charge in [0.05, 0.1) is 5.56 Å². The van der Waals surface area contributed by atoms with Gasteiger partial charge >= 0.3 is 12.1 Å². The fourth-order valence-corrected chi connectivity index (χ4v) is 5.04. The minimum absolute atomic E-state index is 0.0536. The zero-order valence-corrected chi connectivity index (χ0v) is 19.8. The molecular weight excluding hydrogens is 467 g/mol. The minimum atomic E-state index is -4.37. The van der Waals surface area contributed by atoms with Crippen LogP contribution < -0.4 is 10.1 Å². The second-order valence-electron chi connectivity index (χ2n) is 8.34. The summed E-state index contributed by atoms with van der Waals surface area (Å²) in [5.41, 5.74) is 2.24. The van der Waals surface area contributed by atoms with Gasteiger partial charge in [-0.15, -0.1) is 0 Å². The number of nitrogens with one attached hydrogen (secondary N) is 1. The molecule has 0 aliphatic carbocycles. The summed E-state index contributed by atoms with van der Waals surface area (Å²) in [6.45, 7) is 5.35. The Labute approximate surface area is 200 Å². The van der Waals surface area contributed by atoms with E-state index >= 15 is 0 Å². The first kappa shape index (κ1) is 25.7. The van der Waals surface area contributed by atoms with E-state index in [0.717, 1.165) is 28.3 Å². The molecule has 3 rings (SSSR count). The van der Waals surface area contributed by atoms with E-state index in [1.807, 2.05) is 13.8 Å². The summed E-state index contributed by atoms with van der Waals surface area (Å²) in [4.78, 5) is 24.5. The molecule has 2 aromatic rings. The quantitative estimate of drug-likeness (QED) is 0.397. The third-order valence-electron chi connectivity index (χ3n) is 5.39. The van der Waals surface area contributed by atoms with E-state index in [1.54, 1.807) is 25.1 Å². The molecule has 0 bridgehead atoms. The summed E-state index contributed by atoms with van der Waals surface area (Å²) in [5, 5.41) is 11.9. The number of carbonyl (C=O) groups is 2. The van der Waals surface area contributed by atoms with Crippen molar-refractivity contribution in [3.63, 3.8) is 0 Å². The Kier molecular flexibility index (Phi) is 7.97. The molecule has 1 aliphatic heterocycles. The monoisotopic (exact) mass is 493 g/mol. The van der Waals surface area contributed by atoms with Crippen LogP contribution in [0.15, 0.2) is 53.1 Å². The summed E-state index contributed by atoms with van der Waals surface area (Å²) in [6, 6.07) is 10.0. The van der Waals surface area contributed by atoms with Crippen LogP contribution in [0.3, 0.4) is 0 Å². The minimum Gasteiger partial charge on any atom is -0.482 e. The Morgan fingerprint density at radius 3 is 2.38 bits per heavy atom. The van der Waals surface area contributed by atoms with Gasteiger partial charge in [0.2, 0.25) is 0 Å². The van der Waals surface area contributed by atoms with Crippen LogP contribution in [0.4, 0.5) is 13.2 Å². The maximum Gasteiger partial charge on any atom is 0.416 e. The molecule has 1 atom stereocenters. The van der Waals surface area contributed by atoms with Crippen LogP contribution in [-0.4, -0.2) is 23.5 Å². The standard InChI is InChI=1S/C25H26F3NO4S/c1-14(2)23-21(34-24(29-23)16-4-7-18(8-5-16)25(26,27)28)11-9-19(30)17-6-10-20(15(3)12-17)33-13-22(31)32/h4-8,10,12,14,24,29H,9,11,13H2,1-3H3,(H,31,32). The third-order valence-corrected chi connectivity index (χ3v) is 6.73. The van der Waals surface area contributed by atoms with E-state index in [9.17, 15) is 22.8 Å². The van der Waals surface area contributed by atoms with Crippen molar-refractivity contribution in [2.75, 3.05) is 6.61 Å². The molecule has 0 amide bonds. The van der Waals surface area contributed by atoms with Crippen molar-refractivity contribution in [2.24, 2.45) is 5.92 Å². The number of alkyl halides is 3. The van der Waals surface area contributed by atoms with Crippen LogP contribution in [0.25, 0.3) is 0 Å². The normalized spacial score (nSPS) is 16.0. The zero-order chi connectivity index (χ0) is 25.0. The van der Waals surface area contributed by atoms with E-state index in [-0.39, 0.29) is 23.5 Å². The largest absolute Gasteiger partial charge is 0.482 e. The first-order chi connectivity index (χ1) is 16.0. The summed E-state index contributed by atoms with van der Waals surface area (Å²) >= 11 is 1.53. The summed E-state index contributed by atoms with van der Waals surface area (Å²) in [6.07, 6.45) is -3.59. The number of rotatable bonds is 9. The van der Waals surface area contributed by atoms with Gasteiger partial charge in [-0.05, 0) is 60.7 Å².